The molecule has 57 heavy (non-hydrogen) atoms. The fourth-order valence-electron chi connectivity index (χ4n) is 7.92. The molecule has 11 rings (SSSR count). The van der Waals surface area contributed by atoms with Crippen molar-refractivity contribution in [2.45, 2.75) is 12.8 Å². The van der Waals surface area contributed by atoms with Crippen molar-refractivity contribution in [3.63, 3.8) is 0 Å². The highest BCUT2D eigenvalue weighted by molar-refractivity contribution is 6.21. The number of aromatic nitrogens is 7. The van der Waals surface area contributed by atoms with E-state index in [4.69, 9.17) is 29.9 Å². The quantitative estimate of drug-likeness (QED) is 0.157. The van der Waals surface area contributed by atoms with E-state index < -0.39 is 0 Å². The van der Waals surface area contributed by atoms with Crippen LogP contribution >= 0.6 is 0 Å². The molecule has 0 saturated heterocycles. The van der Waals surface area contributed by atoms with Crippen LogP contribution in [0.3, 0.4) is 0 Å². The molecule has 0 bridgehead atoms. The van der Waals surface area contributed by atoms with Crippen molar-refractivity contribution < 1.29 is 0 Å². The Morgan fingerprint density at radius 2 is 0.877 bits per heavy atom. The molecule has 10 aromatic rings. The van der Waals surface area contributed by atoms with Crippen LogP contribution in [0.2, 0.25) is 0 Å². The van der Waals surface area contributed by atoms with Crippen LogP contribution in [0.25, 0.3) is 100 Å². The summed E-state index contributed by atoms with van der Waals surface area (Å²) in [6.45, 7) is 0. The molecule has 1 aliphatic rings. The third kappa shape index (κ3) is 5.57. The average molecular weight is 734 g/mol. The van der Waals surface area contributed by atoms with E-state index in [0.717, 1.165) is 78.8 Å². The molecule has 4 aromatic heterocycles. The summed E-state index contributed by atoms with van der Waals surface area (Å²) in [5.74, 6) is 3.48. The smallest absolute Gasteiger partial charge is 0.263 e. The molecular formula is C49H31N7O. The topological polar surface area (TPSA) is 98.8 Å². The van der Waals surface area contributed by atoms with E-state index in [1.54, 1.807) is 0 Å². The number of allylic oxidation sites excluding steroid dienone is 4. The number of hydrogen-bond acceptors (Lipinski definition) is 7. The Morgan fingerprint density at radius 3 is 1.44 bits per heavy atom. The summed E-state index contributed by atoms with van der Waals surface area (Å²) in [6, 6.07) is 48.0. The van der Waals surface area contributed by atoms with Crippen LogP contribution in [-0.2, 0) is 0 Å². The van der Waals surface area contributed by atoms with E-state index in [1.807, 2.05) is 132 Å². The molecule has 0 unspecified atom stereocenters. The molecule has 0 radical (unpaired) electrons. The molecule has 0 amide bonds. The van der Waals surface area contributed by atoms with Crippen molar-refractivity contribution in [2.24, 2.45) is 0 Å². The van der Waals surface area contributed by atoms with Gasteiger partial charge < -0.3 is 0 Å². The minimum Gasteiger partial charge on any atom is -0.275 e. The molecule has 0 N–H and O–H groups in total. The minimum absolute atomic E-state index is 0.0682. The zero-order valence-corrected chi connectivity index (χ0v) is 30.5. The maximum atomic E-state index is 14.4. The molecule has 6 aromatic carbocycles. The summed E-state index contributed by atoms with van der Waals surface area (Å²) < 4.78 is 1.85. The third-order valence-electron chi connectivity index (χ3n) is 10.6. The fourth-order valence-corrected chi connectivity index (χ4v) is 7.92. The van der Waals surface area contributed by atoms with Crippen LogP contribution in [0.4, 0.5) is 0 Å². The van der Waals surface area contributed by atoms with Crippen LogP contribution in [0.1, 0.15) is 18.7 Å². The van der Waals surface area contributed by atoms with E-state index >= 15 is 0 Å². The Kier molecular flexibility index (Phi) is 7.60. The molecule has 0 aliphatic heterocycles. The monoisotopic (exact) mass is 733 g/mol. The van der Waals surface area contributed by atoms with E-state index in [2.05, 4.69) is 36.4 Å². The second-order valence-electron chi connectivity index (χ2n) is 14.2. The largest absolute Gasteiger partial charge is 0.275 e. The first-order valence-electron chi connectivity index (χ1n) is 19.0. The van der Waals surface area contributed by atoms with Crippen LogP contribution in [0.15, 0.2) is 169 Å². The number of fused-ring (bicyclic) bond motifs is 5. The lowest BCUT2D eigenvalue weighted by Crippen LogP contribution is -2.12. The summed E-state index contributed by atoms with van der Waals surface area (Å²) in [5, 5.41) is 4.25. The van der Waals surface area contributed by atoms with Crippen molar-refractivity contribution >= 4 is 43.5 Å². The number of benzene rings is 6. The van der Waals surface area contributed by atoms with Gasteiger partial charge in [-0.15, -0.1) is 0 Å². The molecule has 1 aliphatic carbocycles. The number of rotatable bonds is 6. The fraction of sp³-hybridized carbons (Fsp3) is 0.0408. The lowest BCUT2D eigenvalue weighted by atomic mass is 10.00. The lowest BCUT2D eigenvalue weighted by molar-refractivity contribution is 1.01. The molecule has 0 spiro atoms. The molecule has 8 nitrogen and oxygen atoms in total. The summed E-state index contributed by atoms with van der Waals surface area (Å²) in [5.41, 5.74) is 6.87. The van der Waals surface area contributed by atoms with Gasteiger partial charge in [0.2, 0.25) is 0 Å². The van der Waals surface area contributed by atoms with Gasteiger partial charge in [0.25, 0.3) is 5.56 Å². The summed E-state index contributed by atoms with van der Waals surface area (Å²) in [4.78, 5) is 44.5. The van der Waals surface area contributed by atoms with Gasteiger partial charge in [-0.3, -0.25) is 9.20 Å². The predicted octanol–water partition coefficient (Wildman–Crippen LogP) is 10.6. The Labute approximate surface area is 326 Å². The van der Waals surface area contributed by atoms with Gasteiger partial charge in [0.05, 0.1) is 11.0 Å². The van der Waals surface area contributed by atoms with Crippen molar-refractivity contribution in [3.8, 4) is 56.9 Å². The first-order valence-corrected chi connectivity index (χ1v) is 19.0. The molecule has 0 saturated carbocycles. The highest BCUT2D eigenvalue weighted by atomic mass is 16.1. The molecular weight excluding hydrogens is 703 g/mol. The van der Waals surface area contributed by atoms with Gasteiger partial charge in [0.1, 0.15) is 0 Å². The van der Waals surface area contributed by atoms with E-state index in [-0.39, 0.29) is 5.56 Å². The van der Waals surface area contributed by atoms with Crippen LogP contribution in [0.5, 0.6) is 0 Å². The van der Waals surface area contributed by atoms with Crippen LogP contribution in [0, 0.1) is 0 Å². The van der Waals surface area contributed by atoms with Crippen LogP contribution < -0.4 is 5.56 Å². The third-order valence-corrected chi connectivity index (χ3v) is 10.6. The zero-order valence-electron chi connectivity index (χ0n) is 30.5. The minimum atomic E-state index is -0.0682. The standard InChI is InChI=1S/C49H31N7O/c57-49-37-24-14-13-23-36(37)39-28-35(48-54-45(32-19-9-3-10-20-32)51-46(55-48)33-21-11-4-12-22-33)29-40-38-27-34(25-26-41(38)56(49)42(39)40)47-52-43(30-15-5-1-6-16-30)50-44(53-47)31-17-7-2-8-18-31/h1-3,5-11,13-29H,4,12H2. The van der Waals surface area contributed by atoms with Crippen LogP contribution in [-0.4, -0.2) is 34.3 Å². The summed E-state index contributed by atoms with van der Waals surface area (Å²) in [7, 11) is 0. The predicted molar refractivity (Wildman–Crippen MR) is 228 cm³/mol. The van der Waals surface area contributed by atoms with Gasteiger partial charge in [0, 0.05) is 54.9 Å². The number of pyridine rings is 1. The van der Waals surface area contributed by atoms with E-state index in [0.29, 0.717) is 40.3 Å². The van der Waals surface area contributed by atoms with Gasteiger partial charge in [-0.1, -0.05) is 127 Å². The Balaban J connectivity index is 1.19. The normalized spacial score (nSPS) is 12.9. The zero-order chi connectivity index (χ0) is 37.9. The Morgan fingerprint density at radius 1 is 0.404 bits per heavy atom. The highest BCUT2D eigenvalue weighted by Gasteiger charge is 2.22. The van der Waals surface area contributed by atoms with Gasteiger partial charge in [-0.05, 0) is 54.6 Å². The number of hydrogen-bond donors (Lipinski definition) is 0. The summed E-state index contributed by atoms with van der Waals surface area (Å²) in [6.07, 6.45) is 8.36. The van der Waals surface area contributed by atoms with Crippen molar-refractivity contribution in [3.05, 3.63) is 180 Å². The van der Waals surface area contributed by atoms with Crippen molar-refractivity contribution in [2.75, 3.05) is 0 Å². The van der Waals surface area contributed by atoms with Crippen molar-refractivity contribution in [1.29, 1.82) is 0 Å². The SMILES string of the molecule is O=c1c2ccccc2c2cc(-c3nc(C4=CCCC=C4)nc(-c4ccccc4)n3)cc3c4cc(-c5nc(-c6ccccc6)nc(-c6ccccc6)n5)ccc4n1c23. The molecule has 268 valence electrons. The highest BCUT2D eigenvalue weighted by Crippen LogP contribution is 2.39. The summed E-state index contributed by atoms with van der Waals surface area (Å²) >= 11 is 0. The first-order chi connectivity index (χ1) is 28.2. The van der Waals surface area contributed by atoms with Gasteiger partial charge in [0.15, 0.2) is 34.9 Å². The van der Waals surface area contributed by atoms with Gasteiger partial charge in [-0.2, -0.15) is 0 Å². The van der Waals surface area contributed by atoms with E-state index in [9.17, 15) is 4.79 Å². The van der Waals surface area contributed by atoms with Gasteiger partial charge >= 0.3 is 0 Å². The second-order valence-corrected chi connectivity index (χ2v) is 14.2. The molecule has 8 heteroatoms. The lowest BCUT2D eigenvalue weighted by Gasteiger charge is -2.12. The molecule has 4 heterocycles. The molecule has 0 atom stereocenters. The van der Waals surface area contributed by atoms with E-state index in [1.165, 1.54) is 0 Å². The first kappa shape index (κ1) is 32.7. The maximum absolute atomic E-state index is 14.4. The van der Waals surface area contributed by atoms with Gasteiger partial charge in [-0.25, -0.2) is 29.9 Å². The second kappa shape index (κ2) is 13.2. The molecule has 0 fully saturated rings. The maximum Gasteiger partial charge on any atom is 0.263 e. The van der Waals surface area contributed by atoms with Crippen molar-refractivity contribution in [1.82, 2.24) is 34.3 Å². The average Bonchev–Trinajstić information content (AvgIpc) is 3.63. The Hall–Kier alpha value is -7.71. The number of nitrogens with zero attached hydrogens (tertiary/aromatic N) is 7. The Bertz CT molecular complexity index is 3250.